The summed E-state index contributed by atoms with van der Waals surface area (Å²) in [6.45, 7) is 3.88. The first kappa shape index (κ1) is 15.6. The highest BCUT2D eigenvalue weighted by atomic mass is 19.1. The van der Waals surface area contributed by atoms with Crippen LogP contribution in [0.4, 0.5) is 4.39 Å². The molecule has 1 saturated heterocycles. The quantitative estimate of drug-likeness (QED) is 0.882. The summed E-state index contributed by atoms with van der Waals surface area (Å²) in [5.41, 5.74) is 1.44. The molecule has 7 heteroatoms. The summed E-state index contributed by atoms with van der Waals surface area (Å²) in [7, 11) is 0. The molecule has 0 bridgehead atoms. The molecule has 0 radical (unpaired) electrons. The summed E-state index contributed by atoms with van der Waals surface area (Å²) < 4.78 is 14.2. The number of carbonyl (C=O) groups excluding carboxylic acids is 1. The van der Waals surface area contributed by atoms with Crippen molar-refractivity contribution in [3.05, 3.63) is 47.0 Å². The van der Waals surface area contributed by atoms with Crippen LogP contribution in [0.1, 0.15) is 40.6 Å². The first-order valence-corrected chi connectivity index (χ1v) is 7.81. The molecule has 23 heavy (non-hydrogen) atoms. The first-order valence-electron chi connectivity index (χ1n) is 7.81. The Bertz CT molecular complexity index is 681. The first-order chi connectivity index (χ1) is 11.2. The molecule has 0 saturated carbocycles. The maximum absolute atomic E-state index is 14.2. The van der Waals surface area contributed by atoms with Gasteiger partial charge in [0.2, 0.25) is 0 Å². The molecule has 1 atom stereocenters. The van der Waals surface area contributed by atoms with E-state index >= 15 is 0 Å². The van der Waals surface area contributed by atoms with E-state index in [4.69, 9.17) is 0 Å². The van der Waals surface area contributed by atoms with Crippen LogP contribution in [0.25, 0.3) is 0 Å². The van der Waals surface area contributed by atoms with Crippen molar-refractivity contribution in [2.24, 2.45) is 0 Å². The van der Waals surface area contributed by atoms with Crippen LogP contribution in [0.15, 0.2) is 24.3 Å². The summed E-state index contributed by atoms with van der Waals surface area (Å²) in [5.74, 6) is -0.534. The SMILES string of the molecule is Cc1n[nH]nc1C(=O)NCC(c1ccccc1F)N1CCCC1. The molecule has 1 fully saturated rings. The average molecular weight is 317 g/mol. The van der Waals surface area contributed by atoms with E-state index in [1.165, 1.54) is 6.07 Å². The third-order valence-electron chi connectivity index (χ3n) is 4.24. The number of halogens is 1. The van der Waals surface area contributed by atoms with E-state index in [2.05, 4.69) is 25.6 Å². The van der Waals surface area contributed by atoms with Gasteiger partial charge in [0, 0.05) is 12.1 Å². The zero-order valence-corrected chi connectivity index (χ0v) is 13.1. The lowest BCUT2D eigenvalue weighted by atomic mass is 10.0. The van der Waals surface area contributed by atoms with Crippen LogP contribution in [0.3, 0.4) is 0 Å². The molecule has 1 amide bonds. The number of hydrogen-bond donors (Lipinski definition) is 2. The van der Waals surface area contributed by atoms with E-state index < -0.39 is 0 Å². The smallest absolute Gasteiger partial charge is 0.273 e. The minimum absolute atomic E-state index is 0.171. The number of nitrogens with one attached hydrogen (secondary N) is 2. The molecule has 2 heterocycles. The maximum atomic E-state index is 14.2. The number of nitrogens with zero attached hydrogens (tertiary/aromatic N) is 3. The number of hydrogen-bond acceptors (Lipinski definition) is 4. The number of likely N-dealkylation sites (tertiary alicyclic amines) is 1. The van der Waals surface area contributed by atoms with E-state index in [1.807, 2.05) is 6.07 Å². The lowest BCUT2D eigenvalue weighted by molar-refractivity contribution is 0.0931. The van der Waals surface area contributed by atoms with Crippen molar-refractivity contribution in [2.45, 2.75) is 25.8 Å². The predicted octanol–water partition coefficient (Wildman–Crippen LogP) is 1.82. The second-order valence-corrected chi connectivity index (χ2v) is 5.75. The number of H-pyrrole nitrogens is 1. The van der Waals surface area contributed by atoms with Gasteiger partial charge in [-0.25, -0.2) is 4.39 Å². The topological polar surface area (TPSA) is 73.9 Å². The number of benzene rings is 1. The van der Waals surface area contributed by atoms with Crippen molar-refractivity contribution in [3.8, 4) is 0 Å². The fourth-order valence-electron chi connectivity index (χ4n) is 3.01. The van der Waals surface area contributed by atoms with Crippen LogP contribution >= 0.6 is 0 Å². The van der Waals surface area contributed by atoms with Gasteiger partial charge in [0.15, 0.2) is 5.69 Å². The van der Waals surface area contributed by atoms with Gasteiger partial charge in [-0.05, 0) is 38.9 Å². The zero-order chi connectivity index (χ0) is 16.2. The van der Waals surface area contributed by atoms with Crippen molar-refractivity contribution in [1.82, 2.24) is 25.6 Å². The van der Waals surface area contributed by atoms with Crippen molar-refractivity contribution < 1.29 is 9.18 Å². The third kappa shape index (κ3) is 3.39. The van der Waals surface area contributed by atoms with Crippen LogP contribution in [0.5, 0.6) is 0 Å². The Kier molecular flexibility index (Phi) is 4.66. The van der Waals surface area contributed by atoms with Gasteiger partial charge in [-0.2, -0.15) is 15.4 Å². The van der Waals surface area contributed by atoms with E-state index in [-0.39, 0.29) is 23.5 Å². The van der Waals surface area contributed by atoms with Crippen LogP contribution in [-0.4, -0.2) is 45.9 Å². The molecule has 2 N–H and O–H groups in total. The average Bonchev–Trinajstić information content (AvgIpc) is 3.20. The Balaban J connectivity index is 1.75. The van der Waals surface area contributed by atoms with Crippen LogP contribution in [0.2, 0.25) is 0 Å². The van der Waals surface area contributed by atoms with Gasteiger partial charge < -0.3 is 5.32 Å². The number of rotatable bonds is 5. The number of aryl methyl sites for hydroxylation is 1. The maximum Gasteiger partial charge on any atom is 0.273 e. The molecule has 0 spiro atoms. The Hall–Kier alpha value is -2.28. The minimum Gasteiger partial charge on any atom is -0.349 e. The highest BCUT2D eigenvalue weighted by molar-refractivity contribution is 5.93. The van der Waals surface area contributed by atoms with Gasteiger partial charge >= 0.3 is 0 Å². The van der Waals surface area contributed by atoms with Gasteiger partial charge in [0.25, 0.3) is 5.91 Å². The molecule has 6 nitrogen and oxygen atoms in total. The summed E-state index contributed by atoms with van der Waals surface area (Å²) in [4.78, 5) is 14.4. The minimum atomic E-state index is -0.295. The van der Waals surface area contributed by atoms with E-state index in [1.54, 1.807) is 19.1 Å². The second kappa shape index (κ2) is 6.87. The summed E-state index contributed by atoms with van der Waals surface area (Å²) in [5, 5.41) is 13.0. The van der Waals surface area contributed by atoms with Crippen LogP contribution < -0.4 is 5.32 Å². The van der Waals surface area contributed by atoms with Gasteiger partial charge in [-0.15, -0.1) is 0 Å². The van der Waals surface area contributed by atoms with Crippen LogP contribution in [0, 0.1) is 12.7 Å². The van der Waals surface area contributed by atoms with E-state index in [0.29, 0.717) is 17.8 Å². The van der Waals surface area contributed by atoms with Crippen molar-refractivity contribution in [2.75, 3.05) is 19.6 Å². The molecule has 3 rings (SSSR count). The Morgan fingerprint density at radius 1 is 1.35 bits per heavy atom. The summed E-state index contributed by atoms with van der Waals surface area (Å²) in [6.07, 6.45) is 2.20. The number of amides is 1. The van der Waals surface area contributed by atoms with Gasteiger partial charge in [0.1, 0.15) is 5.82 Å². The van der Waals surface area contributed by atoms with Crippen LogP contribution in [-0.2, 0) is 0 Å². The van der Waals surface area contributed by atoms with E-state index in [9.17, 15) is 9.18 Å². The van der Waals surface area contributed by atoms with Crippen molar-refractivity contribution in [3.63, 3.8) is 0 Å². The number of aromatic amines is 1. The van der Waals surface area contributed by atoms with Crippen molar-refractivity contribution in [1.29, 1.82) is 0 Å². The third-order valence-corrected chi connectivity index (χ3v) is 4.24. The van der Waals surface area contributed by atoms with Gasteiger partial charge in [-0.3, -0.25) is 9.69 Å². The second-order valence-electron chi connectivity index (χ2n) is 5.75. The lowest BCUT2D eigenvalue weighted by Crippen LogP contribution is -2.37. The molecule has 2 aromatic rings. The summed E-state index contributed by atoms with van der Waals surface area (Å²) >= 11 is 0. The van der Waals surface area contributed by atoms with Crippen molar-refractivity contribution >= 4 is 5.91 Å². The largest absolute Gasteiger partial charge is 0.349 e. The molecule has 0 aliphatic carbocycles. The standard InChI is InChI=1S/C16H20FN5O/c1-11-15(20-21-19-11)16(23)18-10-14(22-8-4-5-9-22)12-6-2-3-7-13(12)17/h2-3,6-7,14H,4-5,8-10H2,1H3,(H,18,23)(H,19,20,21). The molecule has 1 unspecified atom stereocenters. The normalized spacial score (nSPS) is 16.4. The molecule has 1 aliphatic rings. The molecule has 1 aromatic heterocycles. The van der Waals surface area contributed by atoms with Gasteiger partial charge in [0.05, 0.1) is 11.7 Å². The number of aromatic nitrogens is 3. The molecule has 1 aliphatic heterocycles. The molecule has 122 valence electrons. The monoisotopic (exact) mass is 317 g/mol. The Morgan fingerprint density at radius 3 is 2.74 bits per heavy atom. The molecular weight excluding hydrogens is 297 g/mol. The lowest BCUT2D eigenvalue weighted by Gasteiger charge is -2.28. The highest BCUT2D eigenvalue weighted by Crippen LogP contribution is 2.26. The highest BCUT2D eigenvalue weighted by Gasteiger charge is 2.26. The Morgan fingerprint density at radius 2 is 2.09 bits per heavy atom. The van der Waals surface area contributed by atoms with Gasteiger partial charge in [-0.1, -0.05) is 18.2 Å². The fraction of sp³-hybridized carbons (Fsp3) is 0.438. The molecule has 1 aromatic carbocycles. The fourth-order valence-corrected chi connectivity index (χ4v) is 3.01. The summed E-state index contributed by atoms with van der Waals surface area (Å²) in [6, 6.07) is 6.57. The van der Waals surface area contributed by atoms with E-state index in [0.717, 1.165) is 25.9 Å². The Labute approximate surface area is 134 Å². The predicted molar refractivity (Wildman–Crippen MR) is 83.4 cm³/mol. The zero-order valence-electron chi connectivity index (χ0n) is 13.1. The molecular formula is C16H20FN5O. The number of carbonyl (C=O) groups is 1.